The number of ether oxygens (including phenoxy) is 1. The van der Waals surface area contributed by atoms with Crippen molar-refractivity contribution in [3.63, 3.8) is 0 Å². The van der Waals surface area contributed by atoms with E-state index < -0.39 is 0 Å². The lowest BCUT2D eigenvalue weighted by Crippen LogP contribution is -2.41. The van der Waals surface area contributed by atoms with Crippen LogP contribution in [0, 0.1) is 0 Å². The summed E-state index contributed by atoms with van der Waals surface area (Å²) in [4.78, 5) is 36.4. The molecule has 3 rings (SSSR count). The number of rotatable bonds is 4. The number of nitrogens with zero attached hydrogens (tertiary/aromatic N) is 3. The minimum atomic E-state index is -0.0704. The van der Waals surface area contributed by atoms with E-state index in [4.69, 9.17) is 4.74 Å². The van der Waals surface area contributed by atoms with Gasteiger partial charge in [0, 0.05) is 32.1 Å². The Morgan fingerprint density at radius 1 is 1.43 bits per heavy atom. The van der Waals surface area contributed by atoms with Gasteiger partial charge in [0.25, 0.3) is 0 Å². The van der Waals surface area contributed by atoms with E-state index in [0.29, 0.717) is 35.7 Å². The number of aromatic nitrogens is 3. The fraction of sp³-hybridized carbons (Fsp3) is 0.375. The van der Waals surface area contributed by atoms with E-state index in [-0.39, 0.29) is 17.8 Å². The van der Waals surface area contributed by atoms with Crippen LogP contribution in [0.5, 0.6) is 5.88 Å². The second-order valence-corrected chi connectivity index (χ2v) is 5.51. The van der Waals surface area contributed by atoms with E-state index >= 15 is 0 Å². The Bertz CT molecular complexity index is 760. The first-order valence-corrected chi connectivity index (χ1v) is 7.51. The van der Waals surface area contributed by atoms with Crippen LogP contribution in [0.2, 0.25) is 0 Å². The van der Waals surface area contributed by atoms with Gasteiger partial charge in [0.05, 0.1) is 11.8 Å². The zero-order valence-electron chi connectivity index (χ0n) is 12.9. The first-order valence-electron chi connectivity index (χ1n) is 7.51. The van der Waals surface area contributed by atoms with E-state index in [2.05, 4.69) is 21.5 Å². The Morgan fingerprint density at radius 3 is 2.83 bits per heavy atom. The van der Waals surface area contributed by atoms with Crippen molar-refractivity contribution in [1.29, 1.82) is 0 Å². The summed E-state index contributed by atoms with van der Waals surface area (Å²) in [6.45, 7) is 6.25. The molecule has 2 aromatic rings. The average molecular weight is 314 g/mol. The number of hydrogen-bond donors (Lipinski definition) is 1. The maximum atomic E-state index is 11.6. The number of amides is 1. The highest BCUT2D eigenvalue weighted by molar-refractivity contribution is 6.04. The predicted molar refractivity (Wildman–Crippen MR) is 84.3 cm³/mol. The zero-order chi connectivity index (χ0) is 16.4. The molecule has 7 heteroatoms. The maximum absolute atomic E-state index is 11.6. The predicted octanol–water partition coefficient (Wildman–Crippen LogP) is 1.72. The molecule has 0 spiro atoms. The molecule has 2 aromatic heterocycles. The summed E-state index contributed by atoms with van der Waals surface area (Å²) in [5.74, 6) is 0.273. The van der Waals surface area contributed by atoms with Crippen LogP contribution in [0.1, 0.15) is 30.1 Å². The molecule has 1 aliphatic rings. The van der Waals surface area contributed by atoms with E-state index in [1.165, 1.54) is 13.0 Å². The number of H-pyrrole nitrogens is 1. The fourth-order valence-corrected chi connectivity index (χ4v) is 2.69. The van der Waals surface area contributed by atoms with Crippen molar-refractivity contribution >= 4 is 22.9 Å². The van der Waals surface area contributed by atoms with Crippen LogP contribution in [0.15, 0.2) is 25.0 Å². The van der Waals surface area contributed by atoms with Gasteiger partial charge in [0.15, 0.2) is 11.4 Å². The number of Topliss-reactive ketones (excluding diaryl/α,β-unsaturated/α-hetero) is 1. The summed E-state index contributed by atoms with van der Waals surface area (Å²) in [6, 6.07) is 0. The van der Waals surface area contributed by atoms with Crippen LogP contribution >= 0.6 is 0 Å². The maximum Gasteiger partial charge on any atom is 0.245 e. The molecule has 1 amide bonds. The van der Waals surface area contributed by atoms with Gasteiger partial charge in [0.1, 0.15) is 11.6 Å². The second-order valence-electron chi connectivity index (χ2n) is 5.51. The van der Waals surface area contributed by atoms with Gasteiger partial charge >= 0.3 is 0 Å². The number of hydrogen-bond acceptors (Lipinski definition) is 5. The average Bonchev–Trinajstić information content (AvgIpc) is 2.98. The second kappa shape index (κ2) is 6.20. The summed E-state index contributed by atoms with van der Waals surface area (Å²) in [6.07, 6.45) is 5.92. The number of ketones is 1. The van der Waals surface area contributed by atoms with Crippen LogP contribution in [0.25, 0.3) is 11.2 Å². The topological polar surface area (TPSA) is 88.2 Å². The smallest absolute Gasteiger partial charge is 0.245 e. The highest BCUT2D eigenvalue weighted by Crippen LogP contribution is 2.21. The molecule has 7 nitrogen and oxygen atoms in total. The van der Waals surface area contributed by atoms with Gasteiger partial charge in [-0.25, -0.2) is 9.97 Å². The molecule has 0 bridgehead atoms. The molecule has 23 heavy (non-hydrogen) atoms. The van der Waals surface area contributed by atoms with Crippen molar-refractivity contribution < 1.29 is 14.3 Å². The van der Waals surface area contributed by atoms with Gasteiger partial charge in [-0.3, -0.25) is 9.59 Å². The lowest BCUT2D eigenvalue weighted by Gasteiger charge is -2.31. The van der Waals surface area contributed by atoms with E-state index in [1.807, 2.05) is 0 Å². The first kappa shape index (κ1) is 15.2. The van der Waals surface area contributed by atoms with Crippen molar-refractivity contribution in [1.82, 2.24) is 19.9 Å². The molecule has 0 radical (unpaired) electrons. The molecule has 0 aliphatic carbocycles. The molecule has 3 heterocycles. The Balaban J connectivity index is 1.70. The van der Waals surface area contributed by atoms with Crippen molar-refractivity contribution in [2.24, 2.45) is 0 Å². The van der Waals surface area contributed by atoms with Gasteiger partial charge in [0.2, 0.25) is 11.8 Å². The third-order valence-electron chi connectivity index (χ3n) is 3.95. The number of carbonyl (C=O) groups excluding carboxylic acids is 2. The van der Waals surface area contributed by atoms with Gasteiger partial charge in [-0.05, 0) is 13.0 Å². The fourth-order valence-electron chi connectivity index (χ4n) is 2.69. The van der Waals surface area contributed by atoms with Crippen molar-refractivity contribution in [3.05, 3.63) is 30.6 Å². The quantitative estimate of drug-likeness (QED) is 0.685. The molecular formula is C16H18N4O3. The van der Waals surface area contributed by atoms with Gasteiger partial charge in [-0.1, -0.05) is 6.58 Å². The third-order valence-corrected chi connectivity index (χ3v) is 3.95. The summed E-state index contributed by atoms with van der Waals surface area (Å²) in [5.41, 5.74) is 1.59. The minimum Gasteiger partial charge on any atom is -0.473 e. The lowest BCUT2D eigenvalue weighted by molar-refractivity contribution is -0.127. The lowest BCUT2D eigenvalue weighted by atomic mass is 10.1. The molecule has 0 saturated carbocycles. The SMILES string of the molecule is C=CC(=O)N1CCC(Oc2cnc3[nH]cc(C(C)=O)c3n2)CC1. The number of carbonyl (C=O) groups is 2. The zero-order valence-corrected chi connectivity index (χ0v) is 12.9. The van der Waals surface area contributed by atoms with Gasteiger partial charge in [-0.2, -0.15) is 0 Å². The van der Waals surface area contributed by atoms with Gasteiger partial charge < -0.3 is 14.6 Å². The standard InChI is InChI=1S/C16H18N4O3/c1-3-14(22)20-6-4-11(5-7-20)23-13-9-18-16-15(19-13)12(8-17-16)10(2)21/h3,8-9,11H,1,4-7H2,2H3,(H,17,18). The number of aromatic amines is 1. The van der Waals surface area contributed by atoms with Crippen LogP contribution in [-0.2, 0) is 4.79 Å². The summed E-state index contributed by atoms with van der Waals surface area (Å²) >= 11 is 0. The van der Waals surface area contributed by atoms with Crippen LogP contribution in [-0.4, -0.2) is 50.7 Å². The van der Waals surface area contributed by atoms with Crippen molar-refractivity contribution in [3.8, 4) is 5.88 Å². The summed E-state index contributed by atoms with van der Waals surface area (Å²) < 4.78 is 5.87. The van der Waals surface area contributed by atoms with Crippen molar-refractivity contribution in [2.75, 3.05) is 13.1 Å². The summed E-state index contributed by atoms with van der Waals surface area (Å²) in [7, 11) is 0. The molecule has 1 fully saturated rings. The number of piperidine rings is 1. The normalized spacial score (nSPS) is 15.6. The number of nitrogens with one attached hydrogen (secondary N) is 1. The Hall–Kier alpha value is -2.70. The molecule has 0 unspecified atom stereocenters. The highest BCUT2D eigenvalue weighted by Gasteiger charge is 2.23. The molecule has 0 aromatic carbocycles. The molecule has 120 valence electrons. The van der Waals surface area contributed by atoms with Crippen LogP contribution < -0.4 is 4.74 Å². The van der Waals surface area contributed by atoms with E-state index in [0.717, 1.165) is 12.8 Å². The number of fused-ring (bicyclic) bond motifs is 1. The Kier molecular flexibility index (Phi) is 4.10. The minimum absolute atomic E-state index is 0.0182. The Labute approximate surface area is 133 Å². The largest absolute Gasteiger partial charge is 0.473 e. The first-order chi connectivity index (χ1) is 11.1. The number of likely N-dealkylation sites (tertiary alicyclic amines) is 1. The molecule has 1 aliphatic heterocycles. The van der Waals surface area contributed by atoms with Gasteiger partial charge in [-0.15, -0.1) is 0 Å². The summed E-state index contributed by atoms with van der Waals surface area (Å²) in [5, 5.41) is 0. The van der Waals surface area contributed by atoms with Crippen LogP contribution in [0.3, 0.4) is 0 Å². The molecule has 1 saturated heterocycles. The third kappa shape index (κ3) is 3.08. The van der Waals surface area contributed by atoms with E-state index in [1.54, 1.807) is 17.3 Å². The molecule has 1 N–H and O–H groups in total. The Morgan fingerprint density at radius 2 is 2.17 bits per heavy atom. The highest BCUT2D eigenvalue weighted by atomic mass is 16.5. The van der Waals surface area contributed by atoms with Crippen molar-refractivity contribution in [2.45, 2.75) is 25.9 Å². The molecule has 0 atom stereocenters. The molecular weight excluding hydrogens is 296 g/mol. The van der Waals surface area contributed by atoms with Crippen LogP contribution in [0.4, 0.5) is 0 Å². The monoisotopic (exact) mass is 314 g/mol. The van der Waals surface area contributed by atoms with E-state index in [9.17, 15) is 9.59 Å².